The van der Waals surface area contributed by atoms with Crippen molar-refractivity contribution < 1.29 is 0 Å². The number of hydrogen-bond acceptors (Lipinski definition) is 1. The molecule has 0 aromatic carbocycles. The third kappa shape index (κ3) is 6.18. The van der Waals surface area contributed by atoms with E-state index in [1.54, 1.807) is 0 Å². The molecule has 1 rings (SSSR count). The summed E-state index contributed by atoms with van der Waals surface area (Å²) in [6, 6.07) is 0. The lowest BCUT2D eigenvalue weighted by atomic mass is 9.98. The van der Waals surface area contributed by atoms with E-state index in [2.05, 4.69) is 24.1 Å². The zero-order valence-corrected chi connectivity index (χ0v) is 12.3. The Labute approximate surface area is 113 Å². The van der Waals surface area contributed by atoms with Crippen LogP contribution in [0.5, 0.6) is 0 Å². The standard InChI is InChI=1S/C17H29N/c1-3-13-16-14-11-9-7-5-6-8-10-12-15-17(16)18-4-2/h3-4,13H,5-12,14-15H2,1-2H3/b13-3-,17-16+,18-4?. The molecule has 0 amide bonds. The van der Waals surface area contributed by atoms with Crippen molar-refractivity contribution in [3.05, 3.63) is 23.4 Å². The molecule has 1 aliphatic rings. The highest BCUT2D eigenvalue weighted by molar-refractivity contribution is 5.55. The van der Waals surface area contributed by atoms with E-state index in [-0.39, 0.29) is 0 Å². The SMILES string of the molecule is CC=N/C1=C(\C=C/C)CCCCCCCCCC1. The summed E-state index contributed by atoms with van der Waals surface area (Å²) in [4.78, 5) is 4.62. The van der Waals surface area contributed by atoms with Crippen LogP contribution in [0, 0.1) is 0 Å². The van der Waals surface area contributed by atoms with Crippen molar-refractivity contribution >= 4 is 6.21 Å². The van der Waals surface area contributed by atoms with Crippen molar-refractivity contribution in [1.29, 1.82) is 0 Å². The van der Waals surface area contributed by atoms with Crippen LogP contribution in [0.25, 0.3) is 0 Å². The number of hydrogen-bond donors (Lipinski definition) is 0. The van der Waals surface area contributed by atoms with Gasteiger partial charge in [-0.1, -0.05) is 50.7 Å². The molecule has 0 saturated carbocycles. The molecule has 0 heterocycles. The molecular weight excluding hydrogens is 218 g/mol. The van der Waals surface area contributed by atoms with Crippen LogP contribution in [-0.4, -0.2) is 6.21 Å². The van der Waals surface area contributed by atoms with E-state index in [1.165, 1.54) is 69.1 Å². The first kappa shape index (κ1) is 15.2. The van der Waals surface area contributed by atoms with E-state index in [9.17, 15) is 0 Å². The molecule has 0 aromatic heterocycles. The van der Waals surface area contributed by atoms with E-state index in [4.69, 9.17) is 0 Å². The lowest BCUT2D eigenvalue weighted by molar-refractivity contribution is 0.559. The van der Waals surface area contributed by atoms with Gasteiger partial charge in [0.25, 0.3) is 0 Å². The summed E-state index contributed by atoms with van der Waals surface area (Å²) in [5.41, 5.74) is 2.80. The molecule has 0 radical (unpaired) electrons. The van der Waals surface area contributed by atoms with Crippen LogP contribution < -0.4 is 0 Å². The Morgan fingerprint density at radius 3 is 1.89 bits per heavy atom. The lowest BCUT2D eigenvalue weighted by Crippen LogP contribution is -1.93. The maximum atomic E-state index is 4.62. The Morgan fingerprint density at radius 2 is 1.33 bits per heavy atom. The van der Waals surface area contributed by atoms with Crippen LogP contribution in [0.3, 0.4) is 0 Å². The van der Waals surface area contributed by atoms with Gasteiger partial charge in [-0.25, -0.2) is 0 Å². The van der Waals surface area contributed by atoms with Gasteiger partial charge in [0.2, 0.25) is 0 Å². The van der Waals surface area contributed by atoms with Crippen LogP contribution >= 0.6 is 0 Å². The maximum absolute atomic E-state index is 4.62. The minimum atomic E-state index is 1.16. The minimum Gasteiger partial charge on any atom is -0.266 e. The molecule has 0 N–H and O–H groups in total. The molecule has 1 nitrogen and oxygen atoms in total. The Bertz CT molecular complexity index is 267. The van der Waals surface area contributed by atoms with Crippen molar-refractivity contribution in [3.8, 4) is 0 Å². The molecule has 0 spiro atoms. The van der Waals surface area contributed by atoms with Gasteiger partial charge in [0.15, 0.2) is 0 Å². The Balaban J connectivity index is 2.75. The first-order valence-electron chi connectivity index (χ1n) is 7.72. The quantitative estimate of drug-likeness (QED) is 0.545. The summed E-state index contributed by atoms with van der Waals surface area (Å²) >= 11 is 0. The summed E-state index contributed by atoms with van der Waals surface area (Å²) in [7, 11) is 0. The number of rotatable bonds is 2. The van der Waals surface area contributed by atoms with Gasteiger partial charge < -0.3 is 0 Å². The summed E-state index contributed by atoms with van der Waals surface area (Å²) in [5.74, 6) is 0. The van der Waals surface area contributed by atoms with Crippen LogP contribution in [0.15, 0.2) is 28.4 Å². The molecule has 0 atom stereocenters. The van der Waals surface area contributed by atoms with Gasteiger partial charge in [-0.15, -0.1) is 0 Å². The molecular formula is C17H29N. The second-order valence-electron chi connectivity index (χ2n) is 5.19. The second-order valence-corrected chi connectivity index (χ2v) is 5.19. The third-order valence-corrected chi connectivity index (χ3v) is 3.63. The van der Waals surface area contributed by atoms with Crippen molar-refractivity contribution in [2.24, 2.45) is 4.99 Å². The van der Waals surface area contributed by atoms with Gasteiger partial charge in [-0.2, -0.15) is 0 Å². The number of aliphatic imine (C=N–C) groups is 1. The first-order valence-corrected chi connectivity index (χ1v) is 7.72. The number of nitrogens with zero attached hydrogens (tertiary/aromatic N) is 1. The molecule has 0 aromatic rings. The van der Waals surface area contributed by atoms with E-state index < -0.39 is 0 Å². The smallest absolute Gasteiger partial charge is 0.0431 e. The second kappa shape index (κ2) is 10.1. The normalized spacial score (nSPS) is 25.2. The highest BCUT2D eigenvalue weighted by atomic mass is 14.7. The molecule has 0 bridgehead atoms. The van der Waals surface area contributed by atoms with Crippen LogP contribution in [-0.2, 0) is 0 Å². The van der Waals surface area contributed by atoms with Gasteiger partial charge in [-0.05, 0) is 45.1 Å². The average Bonchev–Trinajstić information content (AvgIpc) is 2.36. The number of allylic oxidation sites excluding steroid dienone is 4. The van der Waals surface area contributed by atoms with E-state index >= 15 is 0 Å². The predicted octanol–water partition coefficient (Wildman–Crippen LogP) is 5.82. The summed E-state index contributed by atoms with van der Waals surface area (Å²) in [6.45, 7) is 4.13. The Kier molecular flexibility index (Phi) is 8.54. The van der Waals surface area contributed by atoms with E-state index in [1.807, 2.05) is 13.1 Å². The van der Waals surface area contributed by atoms with Gasteiger partial charge in [0.05, 0.1) is 0 Å². The van der Waals surface area contributed by atoms with E-state index in [0.717, 1.165) is 6.42 Å². The summed E-state index contributed by atoms with van der Waals surface area (Å²) in [6.07, 6.45) is 19.8. The fraction of sp³-hybridized carbons (Fsp3) is 0.706. The minimum absolute atomic E-state index is 1.16. The Hall–Kier alpha value is -0.850. The third-order valence-electron chi connectivity index (χ3n) is 3.63. The highest BCUT2D eigenvalue weighted by Crippen LogP contribution is 2.23. The molecule has 1 aliphatic carbocycles. The molecule has 1 heteroatoms. The molecule has 0 aliphatic heterocycles. The van der Waals surface area contributed by atoms with Crippen molar-refractivity contribution in [3.63, 3.8) is 0 Å². The molecule has 18 heavy (non-hydrogen) atoms. The van der Waals surface area contributed by atoms with Gasteiger partial charge in [0.1, 0.15) is 0 Å². The summed E-state index contributed by atoms with van der Waals surface area (Å²) < 4.78 is 0. The fourth-order valence-corrected chi connectivity index (χ4v) is 2.66. The van der Waals surface area contributed by atoms with Crippen LogP contribution in [0.1, 0.15) is 78.1 Å². The highest BCUT2D eigenvalue weighted by Gasteiger charge is 2.05. The molecule has 102 valence electrons. The zero-order chi connectivity index (χ0) is 13.1. The van der Waals surface area contributed by atoms with Crippen LogP contribution in [0.4, 0.5) is 0 Å². The topological polar surface area (TPSA) is 12.4 Å². The fourth-order valence-electron chi connectivity index (χ4n) is 2.66. The summed E-state index contributed by atoms with van der Waals surface area (Å²) in [5, 5.41) is 0. The van der Waals surface area contributed by atoms with Crippen molar-refractivity contribution in [1.82, 2.24) is 0 Å². The zero-order valence-electron chi connectivity index (χ0n) is 12.3. The van der Waals surface area contributed by atoms with Gasteiger partial charge >= 0.3 is 0 Å². The van der Waals surface area contributed by atoms with Gasteiger partial charge in [0, 0.05) is 11.9 Å². The monoisotopic (exact) mass is 247 g/mol. The lowest BCUT2D eigenvalue weighted by Gasteiger charge is -2.11. The molecule has 0 unspecified atom stereocenters. The largest absolute Gasteiger partial charge is 0.266 e. The van der Waals surface area contributed by atoms with Gasteiger partial charge in [-0.3, -0.25) is 4.99 Å². The average molecular weight is 247 g/mol. The van der Waals surface area contributed by atoms with Crippen molar-refractivity contribution in [2.75, 3.05) is 0 Å². The van der Waals surface area contributed by atoms with Crippen LogP contribution in [0.2, 0.25) is 0 Å². The predicted molar refractivity (Wildman–Crippen MR) is 82.2 cm³/mol. The molecule has 0 fully saturated rings. The first-order chi connectivity index (χ1) is 8.88. The Morgan fingerprint density at radius 1 is 0.778 bits per heavy atom. The van der Waals surface area contributed by atoms with Crippen molar-refractivity contribution in [2.45, 2.75) is 78.1 Å². The molecule has 0 saturated heterocycles. The van der Waals surface area contributed by atoms with E-state index in [0.29, 0.717) is 0 Å². The maximum Gasteiger partial charge on any atom is 0.0431 e.